The normalized spacial score (nSPS) is 19.2. The van der Waals surface area contributed by atoms with Crippen molar-refractivity contribution in [3.05, 3.63) is 54.6 Å². The molecule has 1 N–H and O–H groups in total. The van der Waals surface area contributed by atoms with Gasteiger partial charge in [-0.05, 0) is 49.8 Å². The van der Waals surface area contributed by atoms with Gasteiger partial charge in [-0.2, -0.15) is 5.26 Å². The Morgan fingerprint density at radius 3 is 2.77 bits per heavy atom. The monoisotopic (exact) mass is 399 g/mol. The minimum absolute atomic E-state index is 0.434. The topological polar surface area (TPSA) is 85.9 Å². The summed E-state index contributed by atoms with van der Waals surface area (Å²) in [5.41, 5.74) is 4.28. The summed E-state index contributed by atoms with van der Waals surface area (Å²) in [6, 6.07) is 14.8. The molecule has 3 heterocycles. The summed E-state index contributed by atoms with van der Waals surface area (Å²) in [6.45, 7) is 1.79. The average Bonchev–Trinajstić information content (AvgIpc) is 3.44. The molecule has 0 bridgehead atoms. The third-order valence-electron chi connectivity index (χ3n) is 6.32. The molecule has 4 aromatic rings. The van der Waals surface area contributed by atoms with Crippen molar-refractivity contribution in [2.75, 3.05) is 18.0 Å². The van der Waals surface area contributed by atoms with E-state index in [-0.39, 0.29) is 0 Å². The number of H-pyrrole nitrogens is 1. The third kappa shape index (κ3) is 3.50. The van der Waals surface area contributed by atoms with Crippen molar-refractivity contribution in [1.29, 1.82) is 5.26 Å². The minimum Gasteiger partial charge on any atom is -0.370 e. The number of hydrogen-bond acceptors (Lipinski definition) is 5. The quantitative estimate of drug-likeness (QED) is 0.522. The van der Waals surface area contributed by atoms with E-state index in [1.54, 1.807) is 10.8 Å². The maximum Gasteiger partial charge on any atom is 0.141 e. The molecule has 0 saturated heterocycles. The first-order chi connectivity index (χ1) is 14.8. The van der Waals surface area contributed by atoms with Gasteiger partial charge < -0.3 is 9.88 Å². The molecule has 1 aliphatic carbocycles. The van der Waals surface area contributed by atoms with E-state index in [1.807, 2.05) is 12.3 Å². The van der Waals surface area contributed by atoms with Crippen LogP contribution < -0.4 is 4.90 Å². The van der Waals surface area contributed by atoms with Gasteiger partial charge >= 0.3 is 0 Å². The molecule has 0 aliphatic heterocycles. The number of fused-ring (bicyclic) bond motifs is 3. The van der Waals surface area contributed by atoms with E-state index < -0.39 is 0 Å². The van der Waals surface area contributed by atoms with Gasteiger partial charge in [-0.25, -0.2) is 9.50 Å². The number of nitriles is 1. The van der Waals surface area contributed by atoms with Crippen LogP contribution in [0.4, 0.5) is 5.69 Å². The Morgan fingerprint density at radius 1 is 1.13 bits per heavy atom. The molecule has 0 unspecified atom stereocenters. The number of para-hydroxylation sites is 1. The number of aromatic amines is 1. The minimum atomic E-state index is 0.434. The fourth-order valence-corrected chi connectivity index (χ4v) is 4.77. The van der Waals surface area contributed by atoms with Crippen LogP contribution in [0, 0.1) is 17.2 Å². The summed E-state index contributed by atoms with van der Waals surface area (Å²) in [5.74, 6) is 1.07. The number of nitrogens with one attached hydrogen (secondary N) is 1. The fraction of sp³-hybridized carbons (Fsp3) is 0.391. The van der Waals surface area contributed by atoms with Gasteiger partial charge in [0.05, 0.1) is 18.2 Å². The first-order valence-corrected chi connectivity index (χ1v) is 10.7. The Morgan fingerprint density at radius 2 is 1.97 bits per heavy atom. The molecule has 3 aromatic heterocycles. The summed E-state index contributed by atoms with van der Waals surface area (Å²) >= 11 is 0. The van der Waals surface area contributed by atoms with Gasteiger partial charge in [0.25, 0.3) is 0 Å². The van der Waals surface area contributed by atoms with E-state index in [4.69, 9.17) is 5.26 Å². The fourth-order valence-electron chi connectivity index (χ4n) is 4.77. The van der Waals surface area contributed by atoms with Crippen LogP contribution in [0.25, 0.3) is 16.6 Å². The maximum atomic E-state index is 9.06. The molecule has 1 saturated carbocycles. The predicted octanol–water partition coefficient (Wildman–Crippen LogP) is 4.30. The van der Waals surface area contributed by atoms with Crippen molar-refractivity contribution in [3.63, 3.8) is 0 Å². The first-order valence-electron chi connectivity index (χ1n) is 10.7. The zero-order chi connectivity index (χ0) is 20.3. The van der Waals surface area contributed by atoms with Gasteiger partial charge in [0, 0.05) is 36.3 Å². The summed E-state index contributed by atoms with van der Waals surface area (Å²) in [5, 5.41) is 19.0. The highest BCUT2D eigenvalue weighted by Gasteiger charge is 2.28. The van der Waals surface area contributed by atoms with Crippen LogP contribution in [0.5, 0.6) is 0 Å². The van der Waals surface area contributed by atoms with Crippen molar-refractivity contribution in [2.45, 2.75) is 38.0 Å². The number of aromatic nitrogens is 5. The molecule has 0 amide bonds. The number of anilines is 1. The molecule has 0 atom stereocenters. The second kappa shape index (κ2) is 8.15. The Bertz CT molecular complexity index is 1160. The van der Waals surface area contributed by atoms with Gasteiger partial charge in [0.1, 0.15) is 17.5 Å². The zero-order valence-corrected chi connectivity index (χ0v) is 16.9. The molecule has 7 heteroatoms. The number of rotatable bonds is 6. The van der Waals surface area contributed by atoms with Crippen LogP contribution in [0.3, 0.4) is 0 Å². The van der Waals surface area contributed by atoms with E-state index >= 15 is 0 Å². The number of benzene rings is 1. The van der Waals surface area contributed by atoms with E-state index in [1.165, 1.54) is 18.5 Å². The van der Waals surface area contributed by atoms with Gasteiger partial charge in [0.15, 0.2) is 0 Å². The second-order valence-electron chi connectivity index (χ2n) is 8.16. The Hall–Kier alpha value is -3.40. The highest BCUT2D eigenvalue weighted by Crippen LogP contribution is 2.38. The third-order valence-corrected chi connectivity index (χ3v) is 6.32. The predicted molar refractivity (Wildman–Crippen MR) is 116 cm³/mol. The lowest BCUT2D eigenvalue weighted by Gasteiger charge is -2.33. The highest BCUT2D eigenvalue weighted by atomic mass is 15.4. The second-order valence-corrected chi connectivity index (χ2v) is 8.16. The standard InChI is InChI=1S/C23H25N7/c24-12-4-14-29(19-5-2-1-3-6-19)15-17-7-9-18(10-8-17)21-22-20-11-13-25-23(20)26-16-30(22)28-27-21/h1-3,5-6,11,13,16-18,25H,4,7-10,14-15H2. The van der Waals surface area contributed by atoms with Crippen LogP contribution in [0.15, 0.2) is 48.9 Å². The van der Waals surface area contributed by atoms with Gasteiger partial charge in [-0.3, -0.25) is 0 Å². The van der Waals surface area contributed by atoms with Gasteiger partial charge in [-0.15, -0.1) is 5.10 Å². The van der Waals surface area contributed by atoms with Crippen LogP contribution in [-0.2, 0) is 0 Å². The van der Waals surface area contributed by atoms with Gasteiger partial charge in [-0.1, -0.05) is 23.4 Å². The zero-order valence-electron chi connectivity index (χ0n) is 16.9. The molecular formula is C23H25N7. The lowest BCUT2D eigenvalue weighted by atomic mass is 9.80. The average molecular weight is 400 g/mol. The number of nitrogens with zero attached hydrogens (tertiary/aromatic N) is 6. The van der Waals surface area contributed by atoms with Gasteiger partial charge in [0.2, 0.25) is 0 Å². The highest BCUT2D eigenvalue weighted by molar-refractivity contribution is 5.92. The summed E-state index contributed by atoms with van der Waals surface area (Å²) in [4.78, 5) is 9.96. The smallest absolute Gasteiger partial charge is 0.141 e. The van der Waals surface area contributed by atoms with Crippen molar-refractivity contribution in [1.82, 2.24) is 24.8 Å². The Kier molecular flexibility index (Phi) is 5.06. The van der Waals surface area contributed by atoms with Crippen LogP contribution in [0.2, 0.25) is 0 Å². The van der Waals surface area contributed by atoms with Crippen molar-refractivity contribution < 1.29 is 0 Å². The largest absolute Gasteiger partial charge is 0.370 e. The van der Waals surface area contributed by atoms with Crippen molar-refractivity contribution in [2.24, 2.45) is 5.92 Å². The molecule has 1 fully saturated rings. The molecule has 0 radical (unpaired) electrons. The molecule has 1 aromatic carbocycles. The van der Waals surface area contributed by atoms with Crippen LogP contribution >= 0.6 is 0 Å². The Balaban J connectivity index is 1.30. The SMILES string of the molecule is N#CCCN(CC1CCC(c2nnn3cnc4[nH]ccc4c23)CC1)c1ccccc1. The van der Waals surface area contributed by atoms with Crippen LogP contribution in [0.1, 0.15) is 43.7 Å². The molecule has 1 aliphatic rings. The Labute approximate surface area is 175 Å². The summed E-state index contributed by atoms with van der Waals surface area (Å²) in [6.07, 6.45) is 8.79. The number of hydrogen-bond donors (Lipinski definition) is 1. The maximum absolute atomic E-state index is 9.06. The van der Waals surface area contributed by atoms with Crippen LogP contribution in [-0.4, -0.2) is 37.9 Å². The molecule has 30 heavy (non-hydrogen) atoms. The molecule has 7 nitrogen and oxygen atoms in total. The van der Waals surface area contributed by atoms with E-state index in [9.17, 15) is 0 Å². The lowest BCUT2D eigenvalue weighted by molar-refractivity contribution is 0.324. The van der Waals surface area contributed by atoms with Crippen molar-refractivity contribution >= 4 is 22.2 Å². The first kappa shape index (κ1) is 18.6. The molecule has 5 rings (SSSR count). The molecule has 0 spiro atoms. The summed E-state index contributed by atoms with van der Waals surface area (Å²) in [7, 11) is 0. The van der Waals surface area contributed by atoms with E-state index in [0.717, 1.165) is 48.2 Å². The van der Waals surface area contributed by atoms with Crippen molar-refractivity contribution in [3.8, 4) is 6.07 Å². The summed E-state index contributed by atoms with van der Waals surface area (Å²) < 4.78 is 1.80. The van der Waals surface area contributed by atoms with E-state index in [0.29, 0.717) is 18.3 Å². The molecular weight excluding hydrogens is 374 g/mol. The molecule has 152 valence electrons. The lowest BCUT2D eigenvalue weighted by Crippen LogP contribution is -2.32. The van der Waals surface area contributed by atoms with E-state index in [2.05, 4.69) is 61.6 Å².